The summed E-state index contributed by atoms with van der Waals surface area (Å²) in [5.41, 5.74) is 7.76. The van der Waals surface area contributed by atoms with Gasteiger partial charge < -0.3 is 15.6 Å². The number of nitrogens with one attached hydrogen (secondary N) is 1. The summed E-state index contributed by atoms with van der Waals surface area (Å²) in [5.74, 6) is -0.384. The van der Waals surface area contributed by atoms with Crippen LogP contribution >= 0.6 is 0 Å². The molecule has 0 radical (unpaired) electrons. The maximum absolute atomic E-state index is 13.0. The van der Waals surface area contributed by atoms with E-state index in [2.05, 4.69) is 43.4 Å². The third kappa shape index (κ3) is 5.83. The highest BCUT2D eigenvalue weighted by Gasteiger charge is 2.33. The van der Waals surface area contributed by atoms with Crippen molar-refractivity contribution >= 4 is 21.8 Å². The van der Waals surface area contributed by atoms with Crippen LogP contribution in [0.25, 0.3) is 0 Å². The Labute approximate surface area is 196 Å². The highest BCUT2D eigenvalue weighted by Crippen LogP contribution is 2.26. The lowest BCUT2D eigenvalue weighted by molar-refractivity contribution is -0.126. The fourth-order valence-electron chi connectivity index (χ4n) is 4.26. The maximum Gasteiger partial charge on any atom is 0.265 e. The van der Waals surface area contributed by atoms with Gasteiger partial charge in [-0.3, -0.25) is 9.59 Å². The Hall–Kier alpha value is -2.65. The summed E-state index contributed by atoms with van der Waals surface area (Å²) in [7, 11) is -2.17. The number of piperidine rings is 1. The summed E-state index contributed by atoms with van der Waals surface area (Å²) in [6, 6.07) is 9.49. The van der Waals surface area contributed by atoms with Crippen molar-refractivity contribution in [2.45, 2.75) is 51.0 Å². The van der Waals surface area contributed by atoms with Crippen LogP contribution in [0.15, 0.2) is 41.4 Å². The molecule has 2 aromatic rings. The second-order valence-corrected chi connectivity index (χ2v) is 11.2. The number of carbonyl (C=O) groups excluding carboxylic acids is 2. The summed E-state index contributed by atoms with van der Waals surface area (Å²) in [6.07, 6.45) is 3.30. The predicted octanol–water partition coefficient (Wildman–Crippen LogP) is 2.60. The highest BCUT2D eigenvalue weighted by atomic mass is 32.2. The number of amides is 2. The number of sulfonamides is 1. The molecule has 1 fully saturated rings. The SMILES string of the molecule is CC(C)Cc1ccc(C(C)NC(=O)C2CCN(S(=O)(=O)c3cc(C(N)=O)n(C)c3)CC2)cc1. The molecule has 1 aromatic carbocycles. The molecule has 1 aliphatic heterocycles. The van der Waals surface area contributed by atoms with Gasteiger partial charge >= 0.3 is 0 Å². The zero-order chi connectivity index (χ0) is 24.3. The van der Waals surface area contributed by atoms with Gasteiger partial charge in [-0.15, -0.1) is 0 Å². The highest BCUT2D eigenvalue weighted by molar-refractivity contribution is 7.89. The van der Waals surface area contributed by atoms with E-state index in [0.717, 1.165) is 12.0 Å². The van der Waals surface area contributed by atoms with Crippen LogP contribution in [-0.4, -0.2) is 42.2 Å². The van der Waals surface area contributed by atoms with Crippen LogP contribution in [0.3, 0.4) is 0 Å². The van der Waals surface area contributed by atoms with Crippen molar-refractivity contribution in [3.05, 3.63) is 53.3 Å². The van der Waals surface area contributed by atoms with Gasteiger partial charge in [-0.1, -0.05) is 38.1 Å². The summed E-state index contributed by atoms with van der Waals surface area (Å²) >= 11 is 0. The van der Waals surface area contributed by atoms with E-state index >= 15 is 0 Å². The Morgan fingerprint density at radius 1 is 1.12 bits per heavy atom. The first-order valence-corrected chi connectivity index (χ1v) is 12.8. The van der Waals surface area contributed by atoms with Gasteiger partial charge in [-0.25, -0.2) is 8.42 Å². The number of aryl methyl sites for hydroxylation is 1. The summed E-state index contributed by atoms with van der Waals surface area (Å²) in [6.45, 7) is 6.83. The molecule has 0 bridgehead atoms. The van der Waals surface area contributed by atoms with Gasteiger partial charge in [0.25, 0.3) is 5.91 Å². The molecule has 2 amide bonds. The monoisotopic (exact) mass is 474 g/mol. The van der Waals surface area contributed by atoms with Gasteiger partial charge in [0.1, 0.15) is 10.6 Å². The second kappa shape index (κ2) is 10.1. The van der Waals surface area contributed by atoms with E-state index in [9.17, 15) is 18.0 Å². The van der Waals surface area contributed by atoms with E-state index in [1.807, 2.05) is 6.92 Å². The molecular weight excluding hydrogens is 440 g/mol. The van der Waals surface area contributed by atoms with Gasteiger partial charge in [0.05, 0.1) is 6.04 Å². The largest absolute Gasteiger partial charge is 0.364 e. The number of primary amides is 1. The fourth-order valence-corrected chi connectivity index (χ4v) is 5.80. The van der Waals surface area contributed by atoms with Gasteiger partial charge in [0.2, 0.25) is 15.9 Å². The number of carbonyl (C=O) groups is 2. The molecule has 1 atom stereocenters. The van der Waals surface area contributed by atoms with Crippen molar-refractivity contribution in [1.29, 1.82) is 0 Å². The molecule has 2 heterocycles. The number of aromatic nitrogens is 1. The van der Waals surface area contributed by atoms with Crippen LogP contribution in [0.1, 0.15) is 61.3 Å². The molecule has 8 nitrogen and oxygen atoms in total. The number of benzene rings is 1. The zero-order valence-corrected chi connectivity index (χ0v) is 20.6. The minimum absolute atomic E-state index is 0.0382. The lowest BCUT2D eigenvalue weighted by atomic mass is 9.96. The molecule has 1 saturated heterocycles. The zero-order valence-electron chi connectivity index (χ0n) is 19.7. The summed E-state index contributed by atoms with van der Waals surface area (Å²) in [4.78, 5) is 24.3. The van der Waals surface area contributed by atoms with E-state index in [-0.39, 0.29) is 41.5 Å². The van der Waals surface area contributed by atoms with E-state index in [1.54, 1.807) is 7.05 Å². The van der Waals surface area contributed by atoms with Crippen LogP contribution < -0.4 is 11.1 Å². The molecule has 33 heavy (non-hydrogen) atoms. The predicted molar refractivity (Wildman–Crippen MR) is 127 cm³/mol. The maximum atomic E-state index is 13.0. The summed E-state index contributed by atoms with van der Waals surface area (Å²) < 4.78 is 28.7. The lowest BCUT2D eigenvalue weighted by Gasteiger charge is -2.31. The van der Waals surface area contributed by atoms with Crippen LogP contribution in [-0.2, 0) is 28.3 Å². The van der Waals surface area contributed by atoms with Gasteiger partial charge in [-0.2, -0.15) is 4.31 Å². The molecule has 9 heteroatoms. The molecule has 0 saturated carbocycles. The smallest absolute Gasteiger partial charge is 0.265 e. The first-order chi connectivity index (χ1) is 15.5. The lowest BCUT2D eigenvalue weighted by Crippen LogP contribution is -2.43. The average Bonchev–Trinajstić information content (AvgIpc) is 3.16. The third-order valence-electron chi connectivity index (χ3n) is 6.18. The van der Waals surface area contributed by atoms with Crippen LogP contribution in [0.4, 0.5) is 0 Å². The molecule has 1 aromatic heterocycles. The third-order valence-corrected chi connectivity index (χ3v) is 8.04. The molecule has 1 aliphatic rings. The van der Waals surface area contributed by atoms with E-state index in [1.165, 1.54) is 26.7 Å². The van der Waals surface area contributed by atoms with Gasteiger partial charge in [0.15, 0.2) is 0 Å². The Bertz CT molecular complexity index is 1100. The van der Waals surface area contributed by atoms with E-state index in [4.69, 9.17) is 5.73 Å². The van der Waals surface area contributed by atoms with Crippen LogP contribution in [0.2, 0.25) is 0 Å². The first kappa shape index (κ1) is 25.0. The summed E-state index contributed by atoms with van der Waals surface area (Å²) in [5, 5.41) is 3.07. The van der Waals surface area contributed by atoms with Crippen molar-refractivity contribution < 1.29 is 18.0 Å². The first-order valence-electron chi connectivity index (χ1n) is 11.3. The Balaban J connectivity index is 1.57. The number of hydrogen-bond donors (Lipinski definition) is 2. The second-order valence-electron chi connectivity index (χ2n) is 9.28. The van der Waals surface area contributed by atoms with Crippen molar-refractivity contribution in [3.63, 3.8) is 0 Å². The molecule has 0 spiro atoms. The standard InChI is InChI=1S/C24H34N4O4S/c1-16(2)13-18-5-7-19(8-6-18)17(3)26-24(30)20-9-11-28(12-10-20)33(31,32)21-14-22(23(25)29)27(4)15-21/h5-8,14-17,20H,9-13H2,1-4H3,(H2,25,29)(H,26,30). The van der Waals surface area contributed by atoms with Gasteiger partial charge in [0, 0.05) is 32.3 Å². The molecule has 3 rings (SSSR count). The minimum Gasteiger partial charge on any atom is -0.364 e. The number of nitrogens with zero attached hydrogens (tertiary/aromatic N) is 2. The van der Waals surface area contributed by atoms with Crippen molar-refractivity contribution in [3.8, 4) is 0 Å². The Kier molecular flexibility index (Phi) is 7.64. The molecular formula is C24H34N4O4S. The van der Waals surface area contributed by atoms with E-state index < -0.39 is 15.9 Å². The molecule has 0 aliphatic carbocycles. The molecule has 180 valence electrons. The average molecular weight is 475 g/mol. The topological polar surface area (TPSA) is 114 Å². The quantitative estimate of drug-likeness (QED) is 0.612. The van der Waals surface area contributed by atoms with Crippen LogP contribution in [0, 0.1) is 11.8 Å². The normalized spacial score (nSPS) is 16.6. The molecule has 1 unspecified atom stereocenters. The van der Waals surface area contributed by atoms with E-state index in [0.29, 0.717) is 18.8 Å². The number of hydrogen-bond acceptors (Lipinski definition) is 4. The van der Waals surface area contributed by atoms with Gasteiger partial charge in [-0.05, 0) is 49.3 Å². The fraction of sp³-hybridized carbons (Fsp3) is 0.500. The number of nitrogens with two attached hydrogens (primary N) is 1. The van der Waals surface area contributed by atoms with Crippen molar-refractivity contribution in [2.24, 2.45) is 24.6 Å². The van der Waals surface area contributed by atoms with Crippen molar-refractivity contribution in [1.82, 2.24) is 14.2 Å². The van der Waals surface area contributed by atoms with Crippen LogP contribution in [0.5, 0.6) is 0 Å². The Morgan fingerprint density at radius 3 is 2.24 bits per heavy atom. The Morgan fingerprint density at radius 2 is 1.73 bits per heavy atom. The number of rotatable bonds is 8. The van der Waals surface area contributed by atoms with Crippen molar-refractivity contribution in [2.75, 3.05) is 13.1 Å². The molecule has 3 N–H and O–H groups in total. The minimum atomic E-state index is -3.75.